The number of ether oxygens (including phenoxy) is 9. The second kappa shape index (κ2) is 34.0. The van der Waals surface area contributed by atoms with Crippen LogP contribution < -0.4 is 14.2 Å². The quantitative estimate of drug-likeness (QED) is 0.0234. The van der Waals surface area contributed by atoms with E-state index in [9.17, 15) is 14.4 Å². The Morgan fingerprint density at radius 2 is 0.636 bits per heavy atom. The molecular weight excluding hydrogens is 841 g/mol. The van der Waals surface area contributed by atoms with Gasteiger partial charge in [-0.3, -0.25) is 0 Å². The van der Waals surface area contributed by atoms with Gasteiger partial charge in [-0.1, -0.05) is 114 Å². The van der Waals surface area contributed by atoms with E-state index < -0.39 is 17.9 Å². The van der Waals surface area contributed by atoms with Gasteiger partial charge in [-0.15, -0.1) is 0 Å². The van der Waals surface area contributed by atoms with Gasteiger partial charge in [-0.05, 0) is 91.6 Å². The SMILES string of the molecule is C=C(C(=O)OC)c1ccc(OCCCCCCCOCC(COCCCCCCCOc2ccc(C(=C)C(=O)OC)cc2)OCCCCCCCOc2ccc(C(=C)C(=O)OC)cc2)cc1. The summed E-state index contributed by atoms with van der Waals surface area (Å²) in [5, 5.41) is 0. The van der Waals surface area contributed by atoms with E-state index in [-0.39, 0.29) is 6.10 Å². The molecule has 3 aromatic rings. The summed E-state index contributed by atoms with van der Waals surface area (Å²) in [5.74, 6) is 0.974. The molecule has 3 rings (SSSR count). The Kier molecular flexibility index (Phi) is 28.3. The molecule has 0 fully saturated rings. The van der Waals surface area contributed by atoms with Gasteiger partial charge >= 0.3 is 17.9 Å². The van der Waals surface area contributed by atoms with Crippen molar-refractivity contribution in [1.29, 1.82) is 0 Å². The number of esters is 3. The molecule has 0 atom stereocenters. The van der Waals surface area contributed by atoms with Gasteiger partial charge < -0.3 is 42.6 Å². The first-order chi connectivity index (χ1) is 32.2. The second-order valence-electron chi connectivity index (χ2n) is 16.0. The van der Waals surface area contributed by atoms with Gasteiger partial charge in [-0.25, -0.2) is 14.4 Å². The molecule has 0 aliphatic carbocycles. The Morgan fingerprint density at radius 1 is 0.379 bits per heavy atom. The highest BCUT2D eigenvalue weighted by Gasteiger charge is 2.13. The summed E-state index contributed by atoms with van der Waals surface area (Å²) in [6, 6.07) is 22.0. The normalized spacial score (nSPS) is 10.9. The minimum Gasteiger partial charge on any atom is -0.494 e. The summed E-state index contributed by atoms with van der Waals surface area (Å²) in [5.41, 5.74) is 3.12. The lowest BCUT2D eigenvalue weighted by Gasteiger charge is -2.18. The summed E-state index contributed by atoms with van der Waals surface area (Å²) >= 11 is 0. The summed E-state index contributed by atoms with van der Waals surface area (Å²) in [7, 11) is 4.03. The van der Waals surface area contributed by atoms with Crippen molar-refractivity contribution in [2.75, 3.05) is 74.2 Å². The molecule has 0 spiro atoms. The van der Waals surface area contributed by atoms with Gasteiger partial charge in [0.1, 0.15) is 23.4 Å². The van der Waals surface area contributed by atoms with E-state index in [1.807, 2.05) is 72.8 Å². The minimum absolute atomic E-state index is 0.107. The number of carbonyl (C=O) groups excluding carboxylic acids is 3. The van der Waals surface area contributed by atoms with Gasteiger partial charge in [0.2, 0.25) is 0 Å². The van der Waals surface area contributed by atoms with Crippen LogP contribution in [-0.2, 0) is 42.8 Å². The van der Waals surface area contributed by atoms with Gasteiger partial charge in [0.05, 0.1) is 71.1 Å². The van der Waals surface area contributed by atoms with Crippen molar-refractivity contribution in [3.63, 3.8) is 0 Å². The number of methoxy groups -OCH3 is 3. The maximum absolute atomic E-state index is 11.7. The van der Waals surface area contributed by atoms with E-state index >= 15 is 0 Å². The Bertz CT molecular complexity index is 1760. The third-order valence-electron chi connectivity index (χ3n) is 10.8. The predicted molar refractivity (Wildman–Crippen MR) is 260 cm³/mol. The summed E-state index contributed by atoms with van der Waals surface area (Å²) in [6.45, 7) is 16.3. The Labute approximate surface area is 393 Å². The zero-order valence-corrected chi connectivity index (χ0v) is 39.8. The van der Waals surface area contributed by atoms with Gasteiger partial charge in [0, 0.05) is 19.8 Å². The van der Waals surface area contributed by atoms with Crippen LogP contribution in [-0.4, -0.2) is 98.2 Å². The number of benzene rings is 3. The zero-order chi connectivity index (χ0) is 47.6. The maximum atomic E-state index is 11.7. The van der Waals surface area contributed by atoms with Crippen molar-refractivity contribution in [2.45, 2.75) is 102 Å². The van der Waals surface area contributed by atoms with Crippen LogP contribution in [0.4, 0.5) is 0 Å². The van der Waals surface area contributed by atoms with Crippen molar-refractivity contribution in [3.05, 3.63) is 109 Å². The van der Waals surface area contributed by atoms with Crippen LogP contribution in [0.2, 0.25) is 0 Å². The Hall–Kier alpha value is -5.43. The van der Waals surface area contributed by atoms with Crippen molar-refractivity contribution in [2.24, 2.45) is 0 Å². The first-order valence-corrected chi connectivity index (χ1v) is 23.4. The molecular formula is C54H74O12. The molecule has 0 saturated carbocycles. The lowest BCUT2D eigenvalue weighted by atomic mass is 10.1. The van der Waals surface area contributed by atoms with Crippen molar-refractivity contribution >= 4 is 34.6 Å². The molecule has 0 aromatic heterocycles. The fourth-order valence-electron chi connectivity index (χ4n) is 6.78. The topological polar surface area (TPSA) is 134 Å². The van der Waals surface area contributed by atoms with E-state index in [0.717, 1.165) is 114 Å². The molecule has 0 unspecified atom stereocenters. The molecule has 0 heterocycles. The second-order valence-corrected chi connectivity index (χ2v) is 16.0. The van der Waals surface area contributed by atoms with Gasteiger partial charge in [0.25, 0.3) is 0 Å². The first kappa shape index (κ1) is 54.9. The van der Waals surface area contributed by atoms with E-state index in [4.69, 9.17) is 42.6 Å². The lowest BCUT2D eigenvalue weighted by molar-refractivity contribution is -0.134. The third-order valence-corrected chi connectivity index (χ3v) is 10.8. The molecule has 0 N–H and O–H groups in total. The van der Waals surface area contributed by atoms with Crippen molar-refractivity contribution in [1.82, 2.24) is 0 Å². The summed E-state index contributed by atoms with van der Waals surface area (Å²) < 4.78 is 50.3. The molecule has 0 aliphatic rings. The Morgan fingerprint density at radius 3 is 0.924 bits per heavy atom. The van der Waals surface area contributed by atoms with E-state index in [2.05, 4.69) is 19.7 Å². The number of hydrogen-bond donors (Lipinski definition) is 0. The fourth-order valence-corrected chi connectivity index (χ4v) is 6.78. The number of carbonyl (C=O) groups is 3. The number of hydrogen-bond acceptors (Lipinski definition) is 12. The molecule has 362 valence electrons. The van der Waals surface area contributed by atoms with Crippen LogP contribution in [0, 0.1) is 0 Å². The maximum Gasteiger partial charge on any atom is 0.337 e. The van der Waals surface area contributed by atoms with Crippen LogP contribution in [0.3, 0.4) is 0 Å². The van der Waals surface area contributed by atoms with Crippen molar-refractivity contribution < 1.29 is 57.0 Å². The van der Waals surface area contributed by atoms with Crippen molar-refractivity contribution in [3.8, 4) is 17.2 Å². The van der Waals surface area contributed by atoms with Crippen LogP contribution >= 0.6 is 0 Å². The van der Waals surface area contributed by atoms with E-state index in [1.165, 1.54) is 21.3 Å². The average Bonchev–Trinajstić information content (AvgIpc) is 3.35. The molecule has 0 aliphatic heterocycles. The van der Waals surface area contributed by atoms with Gasteiger partial charge in [0.15, 0.2) is 0 Å². The molecule has 0 saturated heterocycles. The highest BCUT2D eigenvalue weighted by molar-refractivity contribution is 6.16. The zero-order valence-electron chi connectivity index (χ0n) is 39.8. The smallest absolute Gasteiger partial charge is 0.337 e. The molecule has 0 radical (unpaired) electrons. The largest absolute Gasteiger partial charge is 0.494 e. The first-order valence-electron chi connectivity index (χ1n) is 23.4. The van der Waals surface area contributed by atoms with E-state index in [0.29, 0.717) is 86.3 Å². The molecule has 3 aromatic carbocycles. The minimum atomic E-state index is -0.442. The van der Waals surface area contributed by atoms with Crippen LogP contribution in [0.15, 0.2) is 92.5 Å². The summed E-state index contributed by atoms with van der Waals surface area (Å²) in [6.07, 6.45) is 15.5. The third kappa shape index (κ3) is 22.7. The number of unbranched alkanes of at least 4 members (excludes halogenated alkanes) is 12. The monoisotopic (exact) mass is 915 g/mol. The molecule has 66 heavy (non-hydrogen) atoms. The highest BCUT2D eigenvalue weighted by Crippen LogP contribution is 2.22. The Balaban J connectivity index is 1.26. The molecule has 12 nitrogen and oxygen atoms in total. The van der Waals surface area contributed by atoms with Crippen LogP contribution in [0.1, 0.15) is 113 Å². The van der Waals surface area contributed by atoms with Gasteiger partial charge in [-0.2, -0.15) is 0 Å². The summed E-state index contributed by atoms with van der Waals surface area (Å²) in [4.78, 5) is 35.1. The molecule has 12 heteroatoms. The van der Waals surface area contributed by atoms with E-state index in [1.54, 1.807) is 0 Å². The predicted octanol–water partition coefficient (Wildman–Crippen LogP) is 11.1. The molecule has 0 amide bonds. The van der Waals surface area contributed by atoms with Crippen LogP contribution in [0.25, 0.3) is 16.7 Å². The lowest BCUT2D eigenvalue weighted by Crippen LogP contribution is -2.27. The highest BCUT2D eigenvalue weighted by atomic mass is 16.6. The van der Waals surface area contributed by atoms with Crippen LogP contribution in [0.5, 0.6) is 17.2 Å². The average molecular weight is 915 g/mol. The fraction of sp³-hybridized carbons (Fsp3) is 0.500. The standard InChI is InChI=1S/C54H74O12/c1-42(52(55)58-4)45-22-28-48(29-23-45)63-36-18-12-7-10-16-34-61-40-51(66-39-21-15-9-14-20-38-65-50-32-26-47(27-33-50)44(3)54(57)60-6)41-62-35-17-11-8-13-19-37-64-49-30-24-46(25-31-49)43(2)53(56)59-5/h22-33,51H,1-3,7-21,34-41H2,4-6H3. The molecule has 0 bridgehead atoms. The number of rotatable bonds is 38.